The average molecular weight is 332 g/mol. The monoisotopic (exact) mass is 332 g/mol. The van der Waals surface area contributed by atoms with E-state index in [-0.39, 0.29) is 0 Å². The molecule has 0 aliphatic carbocycles. The maximum atomic E-state index is 4.55. The first-order chi connectivity index (χ1) is 12.2. The van der Waals surface area contributed by atoms with Crippen LogP contribution < -0.4 is 10.3 Å². The highest BCUT2D eigenvalue weighted by molar-refractivity contribution is 5.92. The summed E-state index contributed by atoms with van der Waals surface area (Å²) in [5.74, 6) is 0. The number of para-hydroxylation sites is 1. The number of aryl methyl sites for hydroxylation is 1. The summed E-state index contributed by atoms with van der Waals surface area (Å²) in [6.45, 7) is 8.36. The highest BCUT2D eigenvalue weighted by Crippen LogP contribution is 2.22. The van der Waals surface area contributed by atoms with E-state index in [1.54, 1.807) is 0 Å². The second kappa shape index (κ2) is 7.79. The van der Waals surface area contributed by atoms with E-state index in [1.165, 1.54) is 5.69 Å². The van der Waals surface area contributed by atoms with Crippen LogP contribution >= 0.6 is 0 Å². The summed E-state index contributed by atoms with van der Waals surface area (Å²) in [5.41, 5.74) is 8.38. The van der Waals surface area contributed by atoms with Gasteiger partial charge in [0.15, 0.2) is 0 Å². The van der Waals surface area contributed by atoms with Crippen molar-refractivity contribution in [2.45, 2.75) is 20.8 Å². The van der Waals surface area contributed by atoms with Gasteiger partial charge in [0.05, 0.1) is 17.4 Å². The highest BCUT2D eigenvalue weighted by Gasteiger charge is 2.03. The smallest absolute Gasteiger partial charge is 0.0726 e. The molecule has 0 saturated heterocycles. The lowest BCUT2D eigenvalue weighted by Crippen LogP contribution is -2.21. The van der Waals surface area contributed by atoms with Crippen LogP contribution in [0.3, 0.4) is 0 Å². The fourth-order valence-electron chi connectivity index (χ4n) is 2.94. The molecule has 0 radical (unpaired) electrons. The van der Waals surface area contributed by atoms with Gasteiger partial charge in [0.1, 0.15) is 0 Å². The lowest BCUT2D eigenvalue weighted by Gasteiger charge is -2.20. The Kier molecular flexibility index (Phi) is 5.29. The van der Waals surface area contributed by atoms with Crippen molar-refractivity contribution >= 4 is 28.5 Å². The first kappa shape index (κ1) is 17.0. The third-order valence-corrected chi connectivity index (χ3v) is 4.26. The van der Waals surface area contributed by atoms with Gasteiger partial charge in [-0.3, -0.25) is 10.4 Å². The molecule has 1 N–H and O–H groups in total. The molecule has 0 aliphatic rings. The number of pyridine rings is 1. The Hall–Kier alpha value is -2.88. The van der Waals surface area contributed by atoms with E-state index in [2.05, 4.69) is 64.6 Å². The first-order valence-electron chi connectivity index (χ1n) is 8.71. The molecular weight excluding hydrogens is 308 g/mol. The number of hydrogen-bond acceptors (Lipinski definition) is 4. The largest absolute Gasteiger partial charge is 0.372 e. The van der Waals surface area contributed by atoms with Crippen LogP contribution in [0.4, 0.5) is 11.4 Å². The minimum absolute atomic E-state index is 0.971. The number of nitrogens with one attached hydrogen (secondary N) is 1. The van der Waals surface area contributed by atoms with Crippen LogP contribution in [-0.4, -0.2) is 24.3 Å². The number of hydrazone groups is 1. The van der Waals surface area contributed by atoms with E-state index in [4.69, 9.17) is 0 Å². The lowest BCUT2D eigenvalue weighted by molar-refractivity contribution is 0.866. The molecule has 4 nitrogen and oxygen atoms in total. The molecule has 3 aromatic rings. The van der Waals surface area contributed by atoms with Gasteiger partial charge in [0.2, 0.25) is 0 Å². The molecule has 1 heterocycles. The number of nitrogens with zero attached hydrogens (tertiary/aromatic N) is 3. The fourth-order valence-corrected chi connectivity index (χ4v) is 2.94. The van der Waals surface area contributed by atoms with Crippen molar-refractivity contribution in [3.63, 3.8) is 0 Å². The van der Waals surface area contributed by atoms with Crippen molar-refractivity contribution in [2.75, 3.05) is 23.4 Å². The molecule has 0 unspecified atom stereocenters. The Morgan fingerprint density at radius 2 is 1.76 bits per heavy atom. The number of anilines is 2. The number of fused-ring (bicyclic) bond motifs is 1. The van der Waals surface area contributed by atoms with E-state index in [9.17, 15) is 0 Å². The van der Waals surface area contributed by atoms with Gasteiger partial charge in [0, 0.05) is 29.9 Å². The molecule has 0 saturated carbocycles. The van der Waals surface area contributed by atoms with Crippen LogP contribution in [0.5, 0.6) is 0 Å². The Morgan fingerprint density at radius 1 is 1.04 bits per heavy atom. The predicted molar refractivity (Wildman–Crippen MR) is 108 cm³/mol. The predicted octanol–water partition coefficient (Wildman–Crippen LogP) is 4.84. The molecule has 0 amide bonds. The summed E-state index contributed by atoms with van der Waals surface area (Å²) in [6, 6.07) is 18.6. The number of hydrogen-bond donors (Lipinski definition) is 1. The van der Waals surface area contributed by atoms with Crippen LogP contribution in [0.1, 0.15) is 25.1 Å². The number of benzene rings is 2. The molecular formula is C21H24N4. The molecule has 0 bridgehead atoms. The van der Waals surface area contributed by atoms with E-state index in [0.29, 0.717) is 0 Å². The van der Waals surface area contributed by atoms with Gasteiger partial charge in [-0.05, 0) is 50.6 Å². The van der Waals surface area contributed by atoms with Crippen LogP contribution in [0.15, 0.2) is 59.7 Å². The minimum atomic E-state index is 0.971. The van der Waals surface area contributed by atoms with Crippen molar-refractivity contribution in [3.05, 3.63) is 65.9 Å². The molecule has 0 spiro atoms. The zero-order valence-corrected chi connectivity index (χ0v) is 15.0. The highest BCUT2D eigenvalue weighted by atomic mass is 15.3. The summed E-state index contributed by atoms with van der Waals surface area (Å²) in [5, 5.41) is 5.47. The topological polar surface area (TPSA) is 40.5 Å². The zero-order chi connectivity index (χ0) is 17.6. The van der Waals surface area contributed by atoms with Gasteiger partial charge in [-0.15, -0.1) is 0 Å². The van der Waals surface area contributed by atoms with Crippen LogP contribution in [0, 0.1) is 6.92 Å². The quantitative estimate of drug-likeness (QED) is 0.519. The number of aromatic nitrogens is 1. The lowest BCUT2D eigenvalue weighted by atomic mass is 10.1. The summed E-state index contributed by atoms with van der Waals surface area (Å²) in [7, 11) is 0. The molecule has 128 valence electrons. The van der Waals surface area contributed by atoms with Crippen molar-refractivity contribution in [1.29, 1.82) is 0 Å². The van der Waals surface area contributed by atoms with Crippen molar-refractivity contribution in [2.24, 2.45) is 5.10 Å². The van der Waals surface area contributed by atoms with E-state index < -0.39 is 0 Å². The maximum absolute atomic E-state index is 4.55. The standard InChI is InChI=1S/C21H24N4/c1-4-25(5-2)18-12-10-17(11-13-18)15-22-24-21-14-16(3)23-20-9-7-6-8-19(20)21/h6-15H,4-5H2,1-3H3,(H,23,24). The summed E-state index contributed by atoms with van der Waals surface area (Å²) in [6.07, 6.45) is 1.84. The summed E-state index contributed by atoms with van der Waals surface area (Å²) in [4.78, 5) is 6.87. The Bertz CT molecular complexity index is 865. The maximum Gasteiger partial charge on any atom is 0.0726 e. The molecule has 1 aromatic heterocycles. The fraction of sp³-hybridized carbons (Fsp3) is 0.238. The van der Waals surface area contributed by atoms with Gasteiger partial charge < -0.3 is 4.90 Å². The Morgan fingerprint density at radius 3 is 2.48 bits per heavy atom. The van der Waals surface area contributed by atoms with Crippen molar-refractivity contribution < 1.29 is 0 Å². The first-order valence-corrected chi connectivity index (χ1v) is 8.71. The normalized spacial score (nSPS) is 11.2. The van der Waals surface area contributed by atoms with E-state index in [0.717, 1.165) is 40.9 Å². The molecule has 25 heavy (non-hydrogen) atoms. The van der Waals surface area contributed by atoms with Gasteiger partial charge in [-0.1, -0.05) is 30.3 Å². The molecule has 0 aliphatic heterocycles. The van der Waals surface area contributed by atoms with Crippen molar-refractivity contribution in [3.8, 4) is 0 Å². The van der Waals surface area contributed by atoms with Gasteiger partial charge >= 0.3 is 0 Å². The van der Waals surface area contributed by atoms with Crippen LogP contribution in [0.25, 0.3) is 10.9 Å². The van der Waals surface area contributed by atoms with E-state index in [1.807, 2.05) is 37.4 Å². The second-order valence-electron chi connectivity index (χ2n) is 5.96. The zero-order valence-electron chi connectivity index (χ0n) is 15.0. The third kappa shape index (κ3) is 3.97. The van der Waals surface area contributed by atoms with E-state index >= 15 is 0 Å². The minimum Gasteiger partial charge on any atom is -0.372 e. The summed E-state index contributed by atoms with van der Waals surface area (Å²) >= 11 is 0. The summed E-state index contributed by atoms with van der Waals surface area (Å²) < 4.78 is 0. The van der Waals surface area contributed by atoms with Gasteiger partial charge in [-0.25, -0.2) is 0 Å². The molecule has 4 heteroatoms. The Balaban J connectivity index is 1.75. The molecule has 3 rings (SSSR count). The molecule has 0 atom stereocenters. The van der Waals surface area contributed by atoms with Gasteiger partial charge in [-0.2, -0.15) is 5.10 Å². The SMILES string of the molecule is CCN(CC)c1ccc(C=NNc2cc(C)nc3ccccc23)cc1. The van der Waals surface area contributed by atoms with Gasteiger partial charge in [0.25, 0.3) is 0 Å². The van der Waals surface area contributed by atoms with Crippen LogP contribution in [0.2, 0.25) is 0 Å². The van der Waals surface area contributed by atoms with Crippen molar-refractivity contribution in [1.82, 2.24) is 4.98 Å². The third-order valence-electron chi connectivity index (χ3n) is 4.26. The molecule has 2 aromatic carbocycles. The Labute approximate surface area is 149 Å². The molecule has 0 fully saturated rings. The second-order valence-corrected chi connectivity index (χ2v) is 5.96. The van der Waals surface area contributed by atoms with Crippen LogP contribution in [-0.2, 0) is 0 Å². The average Bonchev–Trinajstić information content (AvgIpc) is 2.64. The number of rotatable bonds is 6.